The van der Waals surface area contributed by atoms with Gasteiger partial charge in [-0.05, 0) is 0 Å². The third kappa shape index (κ3) is 127. The quantitative estimate of drug-likeness (QED) is 0.0269. The molecule has 0 aromatic heterocycles. The summed E-state index contributed by atoms with van der Waals surface area (Å²) in [6.45, 7) is -18.0. The van der Waals surface area contributed by atoms with E-state index in [1.54, 1.807) is 0 Å². The van der Waals surface area contributed by atoms with Gasteiger partial charge in [-0.3, -0.25) is 193 Å². The van der Waals surface area contributed by atoms with Crippen LogP contribution in [0.1, 0.15) is 0 Å². The lowest BCUT2D eigenvalue weighted by atomic mass is 10.4. The molecule has 0 amide bonds. The van der Waals surface area contributed by atoms with Crippen LogP contribution in [0.5, 0.6) is 0 Å². The second-order valence-electron chi connectivity index (χ2n) is 23.3. The van der Waals surface area contributed by atoms with Crippen LogP contribution in [0, 0.1) is 0 Å². The van der Waals surface area contributed by atoms with E-state index >= 15 is 0 Å². The second-order valence-corrected chi connectivity index (χ2v) is 23.3. The summed E-state index contributed by atoms with van der Waals surface area (Å²) in [5.41, 5.74) is 0. The first kappa shape index (κ1) is 134. The SMILES string of the molecule is O=C(O)CN(CC(=O)O)CC(=O)O.O=C(O)CN(CC(=O)O)CC(=O)O.O=C(O)CN(CC(=O)O)CC(=O)O.O=C(O)CN(CC(=O)O)CC(=O)O.O=C(O)CN(CC(=O)O)CC(=O)O.O=C(O)CN(CC(=O)O)CC(=O)O.O=C(O)CN(CC(=O)O)CC(=O)O.O=C(O)CN(CC(=O)O)CC(=O)O.O=C(O)CN(CC(=O)O)CC(=O)O.O=C(O)CN(CC(=O)O)CC(=O)O. The van der Waals surface area contributed by atoms with Gasteiger partial charge < -0.3 is 153 Å². The fourth-order valence-electron chi connectivity index (χ4n) is 7.42. The Morgan fingerprint density at radius 3 is 0.115 bits per heavy atom. The van der Waals surface area contributed by atoms with Crippen molar-refractivity contribution in [2.24, 2.45) is 0 Å². The molecule has 0 aliphatic heterocycles. The van der Waals surface area contributed by atoms with Crippen molar-refractivity contribution >= 4 is 179 Å². The van der Waals surface area contributed by atoms with E-state index in [1.807, 2.05) is 0 Å². The average molecular weight is 1910 g/mol. The normalized spacial score (nSPS) is 9.92. The van der Waals surface area contributed by atoms with Gasteiger partial charge in [0.2, 0.25) is 0 Å². The van der Waals surface area contributed by atoms with Gasteiger partial charge in [-0.1, -0.05) is 0 Å². The van der Waals surface area contributed by atoms with E-state index in [9.17, 15) is 144 Å². The maximum Gasteiger partial charge on any atom is 0.317 e. The fraction of sp³-hybridized carbons (Fsp3) is 0.500. The monoisotopic (exact) mass is 1910 g/mol. The van der Waals surface area contributed by atoms with E-state index in [4.69, 9.17) is 153 Å². The van der Waals surface area contributed by atoms with Crippen LogP contribution < -0.4 is 0 Å². The van der Waals surface area contributed by atoms with E-state index in [0.29, 0.717) is 0 Å². The molecule has 0 saturated heterocycles. The standard InChI is InChI=1S/10C6H9NO6/c10*8-4(9)1-7(2-5(10)11)3-6(12)13/h10*1-3H2,(H,8,9)(H,10,11)(H,12,13). The van der Waals surface area contributed by atoms with Crippen molar-refractivity contribution in [2.75, 3.05) is 196 Å². The van der Waals surface area contributed by atoms with E-state index < -0.39 is 375 Å². The van der Waals surface area contributed by atoms with Crippen LogP contribution >= 0.6 is 0 Å². The van der Waals surface area contributed by atoms with Gasteiger partial charge in [-0.25, -0.2) is 0 Å². The van der Waals surface area contributed by atoms with Gasteiger partial charge in [0.05, 0.1) is 196 Å². The van der Waals surface area contributed by atoms with E-state index in [2.05, 4.69) is 0 Å². The molecule has 0 heterocycles. The molecule has 70 heteroatoms. The van der Waals surface area contributed by atoms with Crippen molar-refractivity contribution in [1.82, 2.24) is 49.0 Å². The molecule has 0 fully saturated rings. The highest BCUT2D eigenvalue weighted by Gasteiger charge is 2.24. The van der Waals surface area contributed by atoms with Crippen LogP contribution in [0.25, 0.3) is 0 Å². The van der Waals surface area contributed by atoms with Crippen molar-refractivity contribution < 1.29 is 297 Å². The maximum absolute atomic E-state index is 10.1. The molecule has 30 N–H and O–H groups in total. The minimum atomic E-state index is -1.26. The maximum atomic E-state index is 10.1. The van der Waals surface area contributed by atoms with Gasteiger partial charge in [0.25, 0.3) is 0 Å². The van der Waals surface area contributed by atoms with Crippen LogP contribution in [0.15, 0.2) is 0 Å². The molecule has 0 bridgehead atoms. The van der Waals surface area contributed by atoms with Gasteiger partial charge in [0, 0.05) is 0 Å². The van der Waals surface area contributed by atoms with Crippen LogP contribution in [-0.2, 0) is 144 Å². The number of aliphatic carboxylic acids is 30. The van der Waals surface area contributed by atoms with E-state index in [1.165, 1.54) is 0 Å². The Bertz CT molecular complexity index is 2670. The summed E-state index contributed by atoms with van der Waals surface area (Å²) in [5.74, 6) is -37.8. The Kier molecular flexibility index (Phi) is 81.3. The van der Waals surface area contributed by atoms with Gasteiger partial charge in [-0.15, -0.1) is 0 Å². The number of carbonyl (C=O) groups is 30. The highest BCUT2D eigenvalue weighted by molar-refractivity contribution is 5.83. The molecule has 0 saturated carbocycles. The Balaban J connectivity index is -0.000000154. The Morgan fingerprint density at radius 2 is 0.100 bits per heavy atom. The Morgan fingerprint density at radius 1 is 0.0769 bits per heavy atom. The van der Waals surface area contributed by atoms with Crippen LogP contribution in [0.3, 0.4) is 0 Å². The molecular weight excluding hydrogens is 1820 g/mol. The highest BCUT2D eigenvalue weighted by atomic mass is 16.5. The third-order valence-electron chi connectivity index (χ3n) is 10.8. The van der Waals surface area contributed by atoms with Gasteiger partial charge in [-0.2, -0.15) is 0 Å². The summed E-state index contributed by atoms with van der Waals surface area (Å²) in [6.07, 6.45) is 0. The van der Waals surface area contributed by atoms with Crippen LogP contribution in [0.2, 0.25) is 0 Å². The zero-order valence-electron chi connectivity index (χ0n) is 66.3. The molecule has 0 aliphatic rings. The molecule has 130 heavy (non-hydrogen) atoms. The molecule has 0 aliphatic carbocycles. The summed E-state index contributed by atoms with van der Waals surface area (Å²) in [5, 5.41) is 248. The Hall–Kier alpha value is -16.3. The van der Waals surface area contributed by atoms with Crippen LogP contribution in [0.4, 0.5) is 0 Å². The minimum Gasteiger partial charge on any atom is -0.480 e. The summed E-state index contributed by atoms with van der Waals surface area (Å²) >= 11 is 0. The summed E-state index contributed by atoms with van der Waals surface area (Å²) in [7, 11) is 0. The smallest absolute Gasteiger partial charge is 0.317 e. The number of nitrogens with zero attached hydrogens (tertiary/aromatic N) is 10. The lowest BCUT2D eigenvalue weighted by Crippen LogP contribution is -2.38. The molecule has 0 radical (unpaired) electrons. The highest BCUT2D eigenvalue weighted by Crippen LogP contribution is 1.96. The van der Waals surface area contributed by atoms with E-state index in [0.717, 1.165) is 49.0 Å². The lowest BCUT2D eigenvalue weighted by Gasteiger charge is -2.14. The number of rotatable bonds is 60. The molecule has 740 valence electrons. The predicted molar refractivity (Wildman–Crippen MR) is 393 cm³/mol. The number of carboxylic acids is 30. The van der Waals surface area contributed by atoms with Crippen molar-refractivity contribution in [2.45, 2.75) is 0 Å². The fourth-order valence-corrected chi connectivity index (χ4v) is 7.42. The summed E-state index contributed by atoms with van der Waals surface area (Å²) < 4.78 is 0. The molecule has 70 nitrogen and oxygen atoms in total. The number of hydrogen-bond donors (Lipinski definition) is 30. The first-order valence-corrected chi connectivity index (χ1v) is 32.9. The Labute approximate surface area is 720 Å². The first-order chi connectivity index (χ1) is 59.1. The summed E-state index contributed by atoms with van der Waals surface area (Å²) in [4.78, 5) is 312. The first-order valence-electron chi connectivity index (χ1n) is 32.9. The van der Waals surface area contributed by atoms with Gasteiger partial charge in [0.1, 0.15) is 0 Å². The minimum absolute atomic E-state index is 0.599. The van der Waals surface area contributed by atoms with Crippen molar-refractivity contribution in [3.63, 3.8) is 0 Å². The second kappa shape index (κ2) is 78.7. The topological polar surface area (TPSA) is 1150 Å². The number of hydrogen-bond acceptors (Lipinski definition) is 40. The van der Waals surface area contributed by atoms with Gasteiger partial charge >= 0.3 is 179 Å². The molecule has 0 atom stereocenters. The molecular formula is C60H90N10O60. The largest absolute Gasteiger partial charge is 0.480 e. The average Bonchev–Trinajstić information content (AvgIpc) is 1.02. The molecule has 0 unspecified atom stereocenters. The molecule has 0 spiro atoms. The zero-order chi connectivity index (χ0) is 104. The van der Waals surface area contributed by atoms with Gasteiger partial charge in [0.15, 0.2) is 0 Å². The molecule has 0 rings (SSSR count). The van der Waals surface area contributed by atoms with Crippen LogP contribution in [-0.4, -0.2) is 578 Å². The predicted octanol–water partition coefficient (Wildman–Crippen LogP) is -14.6. The number of carboxylic acid groups (broad SMARTS) is 30. The third-order valence-corrected chi connectivity index (χ3v) is 10.8. The zero-order valence-corrected chi connectivity index (χ0v) is 66.3. The molecule has 0 aromatic carbocycles. The van der Waals surface area contributed by atoms with E-state index in [-0.39, 0.29) is 0 Å². The summed E-state index contributed by atoms with van der Waals surface area (Å²) in [6, 6.07) is 0. The van der Waals surface area contributed by atoms with Crippen molar-refractivity contribution in [3.05, 3.63) is 0 Å². The van der Waals surface area contributed by atoms with Crippen molar-refractivity contribution in [3.8, 4) is 0 Å². The molecule has 0 aromatic rings. The lowest BCUT2D eigenvalue weighted by molar-refractivity contribution is -0.147. The van der Waals surface area contributed by atoms with Crippen molar-refractivity contribution in [1.29, 1.82) is 0 Å².